The lowest BCUT2D eigenvalue weighted by Crippen LogP contribution is -2.53. The monoisotopic (exact) mass is 516 g/mol. The first-order chi connectivity index (χ1) is 16.6. The molecule has 3 aliphatic heterocycles. The number of hydrogen-bond acceptors (Lipinski definition) is 5. The molecule has 3 aromatic rings. The zero-order valence-electron chi connectivity index (χ0n) is 18.9. The molecular weight excluding hydrogens is 497 g/mol. The van der Waals surface area contributed by atoms with Crippen LogP contribution in [0.2, 0.25) is 0 Å². The van der Waals surface area contributed by atoms with Crippen LogP contribution >= 0.6 is 11.8 Å². The number of benzene rings is 3. The lowest BCUT2D eigenvalue weighted by atomic mass is 9.71. The highest BCUT2D eigenvalue weighted by Crippen LogP contribution is 2.71. The predicted octanol–water partition coefficient (Wildman–Crippen LogP) is 5.75. The molecule has 0 saturated carbocycles. The molecule has 7 rings (SSSR count). The van der Waals surface area contributed by atoms with Crippen molar-refractivity contribution >= 4 is 47.5 Å². The maximum atomic E-state index is 14.4. The number of sulfone groups is 2. The van der Waals surface area contributed by atoms with E-state index < -0.39 is 29.2 Å². The Morgan fingerprint density at radius 1 is 0.714 bits per heavy atom. The van der Waals surface area contributed by atoms with Crippen LogP contribution in [0.4, 0.5) is 0 Å². The van der Waals surface area contributed by atoms with Gasteiger partial charge in [0.2, 0.25) is 9.84 Å². The van der Waals surface area contributed by atoms with E-state index in [1.807, 2.05) is 61.5 Å². The van der Waals surface area contributed by atoms with Gasteiger partial charge in [-0.2, -0.15) is 0 Å². The average Bonchev–Trinajstić information content (AvgIpc) is 3.39. The number of hydrogen-bond donors (Lipinski definition) is 0. The highest BCUT2D eigenvalue weighted by atomic mass is 32.2. The summed E-state index contributed by atoms with van der Waals surface area (Å²) >= 11 is 1.45. The molecule has 7 heteroatoms. The van der Waals surface area contributed by atoms with Crippen molar-refractivity contribution in [3.8, 4) is 0 Å². The lowest BCUT2D eigenvalue weighted by molar-refractivity contribution is 0.544. The summed E-state index contributed by atoms with van der Waals surface area (Å²) in [5.74, 6) is 0. The molecule has 3 aromatic carbocycles. The molecule has 0 saturated heterocycles. The third-order valence-corrected chi connectivity index (χ3v) is 14.2. The average molecular weight is 517 g/mol. The van der Waals surface area contributed by atoms with Crippen molar-refractivity contribution in [1.82, 2.24) is 0 Å². The van der Waals surface area contributed by atoms with Crippen LogP contribution in [-0.2, 0) is 19.7 Å². The van der Waals surface area contributed by atoms with Crippen molar-refractivity contribution in [3.63, 3.8) is 0 Å². The molecule has 2 unspecified atom stereocenters. The van der Waals surface area contributed by atoms with Gasteiger partial charge in [0.05, 0.1) is 19.4 Å². The molecule has 0 amide bonds. The summed E-state index contributed by atoms with van der Waals surface area (Å²) in [5.41, 5.74) is 3.82. The normalized spacial score (nSPS) is 28.7. The molecule has 4 nitrogen and oxygen atoms in total. The van der Waals surface area contributed by atoms with Crippen LogP contribution in [0.1, 0.15) is 30.5 Å². The molecule has 174 valence electrons. The molecule has 3 heterocycles. The van der Waals surface area contributed by atoms with Crippen LogP contribution in [0.5, 0.6) is 0 Å². The van der Waals surface area contributed by atoms with E-state index >= 15 is 0 Å². The van der Waals surface area contributed by atoms with Gasteiger partial charge in [-0.3, -0.25) is 0 Å². The molecular formula is C28H20O4S3. The molecule has 0 fully saturated rings. The summed E-state index contributed by atoms with van der Waals surface area (Å²) in [6, 6.07) is 23.7. The van der Waals surface area contributed by atoms with Crippen molar-refractivity contribution in [2.45, 2.75) is 33.1 Å². The SMILES string of the molecule is CC12SC(c3ccccc3)=CC1=C1C(=C3c4ccccc4S(=O)(=O)C32C)c2ccccc2S1(=O)=O. The van der Waals surface area contributed by atoms with Crippen LogP contribution in [0.3, 0.4) is 0 Å². The van der Waals surface area contributed by atoms with Gasteiger partial charge in [0, 0.05) is 16.0 Å². The molecule has 0 aromatic heterocycles. The number of thioether (sulfide) groups is 1. The van der Waals surface area contributed by atoms with E-state index in [-0.39, 0.29) is 14.7 Å². The Kier molecular flexibility index (Phi) is 3.95. The first kappa shape index (κ1) is 21.4. The summed E-state index contributed by atoms with van der Waals surface area (Å²) < 4.78 is 54.4. The Morgan fingerprint density at radius 2 is 1.31 bits per heavy atom. The Bertz CT molecular complexity index is 1810. The van der Waals surface area contributed by atoms with Crippen molar-refractivity contribution in [2.24, 2.45) is 0 Å². The smallest absolute Gasteiger partial charge is 0.208 e. The van der Waals surface area contributed by atoms with E-state index in [0.717, 1.165) is 10.5 Å². The molecule has 4 aliphatic rings. The number of rotatable bonds is 1. The van der Waals surface area contributed by atoms with Gasteiger partial charge in [0.25, 0.3) is 0 Å². The zero-order chi connectivity index (χ0) is 24.4. The highest BCUT2D eigenvalue weighted by molar-refractivity contribution is 8.11. The Morgan fingerprint density at radius 3 is 2.03 bits per heavy atom. The van der Waals surface area contributed by atoms with Crippen LogP contribution in [-0.4, -0.2) is 26.3 Å². The van der Waals surface area contributed by atoms with Crippen LogP contribution in [0.15, 0.2) is 105 Å². The fraction of sp³-hybridized carbons (Fsp3) is 0.143. The van der Waals surface area contributed by atoms with Crippen LogP contribution in [0, 0.1) is 0 Å². The van der Waals surface area contributed by atoms with E-state index in [9.17, 15) is 16.8 Å². The topological polar surface area (TPSA) is 68.3 Å². The first-order valence-electron chi connectivity index (χ1n) is 11.3. The highest BCUT2D eigenvalue weighted by Gasteiger charge is 2.69. The predicted molar refractivity (Wildman–Crippen MR) is 140 cm³/mol. The van der Waals surface area contributed by atoms with E-state index in [4.69, 9.17) is 0 Å². The van der Waals surface area contributed by atoms with Gasteiger partial charge >= 0.3 is 0 Å². The van der Waals surface area contributed by atoms with Gasteiger partial charge in [-0.25, -0.2) is 16.8 Å². The second-order valence-corrected chi connectivity index (χ2v) is 15.1. The standard InChI is InChI=1S/C28H20O4S3/c1-27-20(16-21(33-27)17-10-4-3-5-11-17)26-24(18-12-6-8-14-22(18)34(26,29)30)25-19-13-7-9-15-23(19)35(31,32)28(25,27)2/h3-16H,1-2H3. The van der Waals surface area contributed by atoms with Gasteiger partial charge in [0.15, 0.2) is 9.84 Å². The van der Waals surface area contributed by atoms with Crippen molar-refractivity contribution < 1.29 is 16.8 Å². The molecule has 2 atom stereocenters. The quantitative estimate of drug-likeness (QED) is 0.412. The van der Waals surface area contributed by atoms with Gasteiger partial charge < -0.3 is 0 Å². The first-order valence-corrected chi connectivity index (χ1v) is 15.1. The molecule has 0 radical (unpaired) electrons. The summed E-state index contributed by atoms with van der Waals surface area (Å²) in [5, 5.41) is 0. The van der Waals surface area contributed by atoms with Crippen LogP contribution in [0.25, 0.3) is 16.1 Å². The Balaban J connectivity index is 1.70. The second-order valence-electron chi connectivity index (χ2n) is 9.54. The van der Waals surface area contributed by atoms with Crippen LogP contribution < -0.4 is 0 Å². The molecule has 1 aliphatic carbocycles. The van der Waals surface area contributed by atoms with E-state index in [2.05, 4.69) is 0 Å². The molecule has 35 heavy (non-hydrogen) atoms. The molecule has 0 spiro atoms. The fourth-order valence-electron chi connectivity index (χ4n) is 6.14. The van der Waals surface area contributed by atoms with Crippen molar-refractivity contribution in [2.75, 3.05) is 0 Å². The number of allylic oxidation sites excluding steroid dienone is 2. The van der Waals surface area contributed by atoms with Gasteiger partial charge in [-0.05, 0) is 54.3 Å². The fourth-order valence-corrected chi connectivity index (χ4v) is 12.3. The lowest BCUT2D eigenvalue weighted by Gasteiger charge is -2.45. The van der Waals surface area contributed by atoms with E-state index in [1.165, 1.54) is 11.8 Å². The van der Waals surface area contributed by atoms with Crippen molar-refractivity contribution in [1.29, 1.82) is 0 Å². The van der Waals surface area contributed by atoms with Gasteiger partial charge in [-0.1, -0.05) is 66.7 Å². The minimum absolute atomic E-state index is 0.241. The minimum atomic E-state index is -3.84. The zero-order valence-corrected chi connectivity index (χ0v) is 21.4. The van der Waals surface area contributed by atoms with Gasteiger partial charge in [-0.15, -0.1) is 11.8 Å². The van der Waals surface area contributed by atoms with Crippen molar-refractivity contribution in [3.05, 3.63) is 112 Å². The van der Waals surface area contributed by atoms with E-state index in [1.54, 1.807) is 37.3 Å². The minimum Gasteiger partial charge on any atom is -0.223 e. The Hall–Kier alpha value is -2.87. The maximum Gasteiger partial charge on any atom is 0.208 e. The maximum absolute atomic E-state index is 14.4. The Labute approximate surface area is 208 Å². The number of fused-ring (bicyclic) bond motifs is 8. The summed E-state index contributed by atoms with van der Waals surface area (Å²) in [6.45, 7) is 3.68. The largest absolute Gasteiger partial charge is 0.223 e. The van der Waals surface area contributed by atoms with Gasteiger partial charge in [0.1, 0.15) is 4.75 Å². The third-order valence-electron chi connectivity index (χ3n) is 7.97. The third kappa shape index (κ3) is 2.26. The van der Waals surface area contributed by atoms with E-state index in [0.29, 0.717) is 27.8 Å². The second kappa shape index (κ2) is 6.46. The summed E-state index contributed by atoms with van der Waals surface area (Å²) in [6.07, 6.45) is 1.90. The summed E-state index contributed by atoms with van der Waals surface area (Å²) in [4.78, 5) is 1.63. The summed E-state index contributed by atoms with van der Waals surface area (Å²) in [7, 11) is -7.68. The molecule has 0 bridgehead atoms. The molecule has 0 N–H and O–H groups in total.